The number of aromatic nitrogens is 1. The molecule has 1 fully saturated rings. The Hall–Kier alpha value is -1.22. The van der Waals surface area contributed by atoms with Crippen LogP contribution in [0.4, 0.5) is 0 Å². The molecule has 2 heterocycles. The predicted octanol–water partition coefficient (Wildman–Crippen LogP) is 2.46. The molecule has 0 amide bonds. The fourth-order valence-corrected chi connectivity index (χ4v) is 3.81. The van der Waals surface area contributed by atoms with Crippen LogP contribution in [0.1, 0.15) is 49.8 Å². The summed E-state index contributed by atoms with van der Waals surface area (Å²) in [6.07, 6.45) is 6.88. The molecular formula is C16H22N2O. The van der Waals surface area contributed by atoms with Gasteiger partial charge in [-0.25, -0.2) is 0 Å². The van der Waals surface area contributed by atoms with Crippen molar-refractivity contribution in [2.75, 3.05) is 13.1 Å². The monoisotopic (exact) mass is 258 g/mol. The highest BCUT2D eigenvalue weighted by molar-refractivity contribution is 5.92. The number of hydrogen-bond acceptors (Lipinski definition) is 3. The Bertz CT molecular complexity index is 477. The van der Waals surface area contributed by atoms with Crippen molar-refractivity contribution in [2.24, 2.45) is 5.41 Å². The third-order valence-electron chi connectivity index (χ3n) is 4.77. The average Bonchev–Trinajstić information content (AvgIpc) is 3.05. The number of carbonyl (C=O) groups excluding carboxylic acids is 1. The van der Waals surface area contributed by atoms with Gasteiger partial charge in [0, 0.05) is 18.2 Å². The molecule has 19 heavy (non-hydrogen) atoms. The molecule has 3 heteroatoms. The fourth-order valence-electron chi connectivity index (χ4n) is 3.81. The van der Waals surface area contributed by atoms with Crippen LogP contribution < -0.4 is 5.32 Å². The van der Waals surface area contributed by atoms with Crippen LogP contribution in [0, 0.1) is 5.41 Å². The van der Waals surface area contributed by atoms with Crippen molar-refractivity contribution in [1.82, 2.24) is 10.3 Å². The number of aryl methyl sites for hydroxylation is 1. The molecule has 1 aromatic heterocycles. The molecule has 2 atom stereocenters. The van der Waals surface area contributed by atoms with E-state index < -0.39 is 0 Å². The zero-order valence-electron chi connectivity index (χ0n) is 11.6. The third-order valence-corrected chi connectivity index (χ3v) is 4.77. The molecule has 102 valence electrons. The van der Waals surface area contributed by atoms with E-state index in [9.17, 15) is 4.79 Å². The van der Waals surface area contributed by atoms with Gasteiger partial charge < -0.3 is 5.32 Å². The Balaban J connectivity index is 1.88. The first kappa shape index (κ1) is 12.8. The number of nitrogens with zero attached hydrogens (tertiary/aromatic N) is 1. The normalized spacial score (nSPS) is 29.4. The van der Waals surface area contributed by atoms with Crippen LogP contribution in [-0.2, 0) is 11.2 Å². The summed E-state index contributed by atoms with van der Waals surface area (Å²) in [6, 6.07) is 4.10. The van der Waals surface area contributed by atoms with Gasteiger partial charge in [-0.3, -0.25) is 9.78 Å². The number of carbonyl (C=O) groups is 1. The Morgan fingerprint density at radius 2 is 2.47 bits per heavy atom. The zero-order chi connectivity index (χ0) is 13.3. The highest BCUT2D eigenvalue weighted by Gasteiger charge is 2.45. The molecule has 1 aromatic rings. The molecule has 0 aromatic carbocycles. The summed E-state index contributed by atoms with van der Waals surface area (Å²) in [5, 5.41) is 3.39. The number of fused-ring (bicyclic) bond motifs is 1. The maximum atomic E-state index is 13.0. The summed E-state index contributed by atoms with van der Waals surface area (Å²) in [5.41, 5.74) is 2.20. The second-order valence-electron chi connectivity index (χ2n) is 5.96. The standard InChI is InChI=1S/C16H22N2O/c1-2-7-16(8-10-17-11-16)15(19)13-6-5-12-4-3-9-18-14(12)13/h3-4,9,13,17H,2,5-8,10-11H2,1H3. The molecule has 1 saturated heterocycles. The van der Waals surface area contributed by atoms with Gasteiger partial charge in [-0.2, -0.15) is 0 Å². The molecular weight excluding hydrogens is 236 g/mol. The van der Waals surface area contributed by atoms with Gasteiger partial charge in [0.25, 0.3) is 0 Å². The summed E-state index contributed by atoms with van der Waals surface area (Å²) < 4.78 is 0. The number of Topliss-reactive ketones (excluding diaryl/α,β-unsaturated/α-hetero) is 1. The lowest BCUT2D eigenvalue weighted by Gasteiger charge is -2.29. The van der Waals surface area contributed by atoms with Crippen molar-refractivity contribution >= 4 is 5.78 Å². The Kier molecular flexibility index (Phi) is 3.40. The van der Waals surface area contributed by atoms with Gasteiger partial charge >= 0.3 is 0 Å². The number of ketones is 1. The van der Waals surface area contributed by atoms with Crippen LogP contribution >= 0.6 is 0 Å². The minimum absolute atomic E-state index is 0.0441. The van der Waals surface area contributed by atoms with Crippen LogP contribution in [0.3, 0.4) is 0 Å². The highest BCUT2D eigenvalue weighted by atomic mass is 16.1. The van der Waals surface area contributed by atoms with E-state index >= 15 is 0 Å². The molecule has 0 saturated carbocycles. The quantitative estimate of drug-likeness (QED) is 0.902. The Morgan fingerprint density at radius 3 is 3.21 bits per heavy atom. The van der Waals surface area contributed by atoms with E-state index in [1.165, 1.54) is 5.56 Å². The summed E-state index contributed by atoms with van der Waals surface area (Å²) >= 11 is 0. The molecule has 0 bridgehead atoms. The van der Waals surface area contributed by atoms with Gasteiger partial charge in [0.05, 0.1) is 11.6 Å². The zero-order valence-corrected chi connectivity index (χ0v) is 11.6. The van der Waals surface area contributed by atoms with Crippen LogP contribution in [0.2, 0.25) is 0 Å². The van der Waals surface area contributed by atoms with Crippen molar-refractivity contribution < 1.29 is 4.79 Å². The second kappa shape index (κ2) is 5.04. The van der Waals surface area contributed by atoms with E-state index in [-0.39, 0.29) is 11.3 Å². The van der Waals surface area contributed by atoms with E-state index in [0.717, 1.165) is 50.9 Å². The van der Waals surface area contributed by atoms with Crippen molar-refractivity contribution in [3.05, 3.63) is 29.6 Å². The van der Waals surface area contributed by atoms with Gasteiger partial charge in [-0.05, 0) is 43.9 Å². The minimum Gasteiger partial charge on any atom is -0.316 e. The number of rotatable bonds is 4. The lowest BCUT2D eigenvalue weighted by Crippen LogP contribution is -2.36. The van der Waals surface area contributed by atoms with Crippen LogP contribution in [0.15, 0.2) is 18.3 Å². The smallest absolute Gasteiger partial charge is 0.149 e. The van der Waals surface area contributed by atoms with Gasteiger partial charge in [-0.15, -0.1) is 0 Å². The predicted molar refractivity (Wildman–Crippen MR) is 75.1 cm³/mol. The average molecular weight is 258 g/mol. The topological polar surface area (TPSA) is 42.0 Å². The first-order chi connectivity index (χ1) is 9.27. The van der Waals surface area contributed by atoms with Crippen molar-refractivity contribution in [3.8, 4) is 0 Å². The van der Waals surface area contributed by atoms with Crippen LogP contribution in [0.25, 0.3) is 0 Å². The van der Waals surface area contributed by atoms with Crippen molar-refractivity contribution in [3.63, 3.8) is 0 Å². The summed E-state index contributed by atoms with van der Waals surface area (Å²) in [4.78, 5) is 17.5. The van der Waals surface area contributed by atoms with Crippen molar-refractivity contribution in [1.29, 1.82) is 0 Å². The molecule has 1 N–H and O–H groups in total. The molecule has 1 aliphatic heterocycles. The molecule has 0 radical (unpaired) electrons. The first-order valence-corrected chi connectivity index (χ1v) is 7.46. The second-order valence-corrected chi connectivity index (χ2v) is 5.96. The minimum atomic E-state index is -0.126. The fraction of sp³-hybridized carbons (Fsp3) is 0.625. The maximum Gasteiger partial charge on any atom is 0.149 e. The van der Waals surface area contributed by atoms with E-state index in [2.05, 4.69) is 23.3 Å². The SMILES string of the molecule is CCCC1(C(=O)C2CCc3cccnc32)CCNC1. The van der Waals surface area contributed by atoms with Gasteiger partial charge in [0.1, 0.15) is 5.78 Å². The Labute approximate surface area is 114 Å². The largest absolute Gasteiger partial charge is 0.316 e. The molecule has 3 rings (SSSR count). The van der Waals surface area contributed by atoms with Crippen LogP contribution in [-0.4, -0.2) is 23.9 Å². The van der Waals surface area contributed by atoms with Crippen LogP contribution in [0.5, 0.6) is 0 Å². The lowest BCUT2D eigenvalue weighted by atomic mass is 9.73. The molecule has 2 aliphatic rings. The molecule has 1 aliphatic carbocycles. The Morgan fingerprint density at radius 1 is 1.58 bits per heavy atom. The van der Waals surface area contributed by atoms with Gasteiger partial charge in [0.15, 0.2) is 0 Å². The number of nitrogens with one attached hydrogen (secondary N) is 1. The van der Waals surface area contributed by atoms with E-state index in [1.807, 2.05) is 12.3 Å². The van der Waals surface area contributed by atoms with Gasteiger partial charge in [0.2, 0.25) is 0 Å². The number of hydrogen-bond donors (Lipinski definition) is 1. The van der Waals surface area contributed by atoms with E-state index in [0.29, 0.717) is 5.78 Å². The van der Waals surface area contributed by atoms with Crippen molar-refractivity contribution in [2.45, 2.75) is 44.9 Å². The van der Waals surface area contributed by atoms with Gasteiger partial charge in [-0.1, -0.05) is 19.4 Å². The molecule has 3 nitrogen and oxygen atoms in total. The third kappa shape index (κ3) is 2.10. The maximum absolute atomic E-state index is 13.0. The van der Waals surface area contributed by atoms with E-state index in [4.69, 9.17) is 0 Å². The summed E-state index contributed by atoms with van der Waals surface area (Å²) in [7, 11) is 0. The molecule has 0 spiro atoms. The number of pyridine rings is 1. The first-order valence-electron chi connectivity index (χ1n) is 7.46. The molecule has 2 unspecified atom stereocenters. The van der Waals surface area contributed by atoms with E-state index in [1.54, 1.807) is 0 Å². The highest BCUT2D eigenvalue weighted by Crippen LogP contribution is 2.42. The lowest BCUT2D eigenvalue weighted by molar-refractivity contribution is -0.129. The summed E-state index contributed by atoms with van der Waals surface area (Å²) in [6.45, 7) is 4.01. The summed E-state index contributed by atoms with van der Waals surface area (Å²) in [5.74, 6) is 0.486.